The molecular formula is C20H16ClN3O2S2. The number of halogens is 1. The summed E-state index contributed by atoms with van der Waals surface area (Å²) in [5, 5.41) is 5.95. The summed E-state index contributed by atoms with van der Waals surface area (Å²) in [6, 6.07) is 11.3. The Hall–Kier alpha value is -2.48. The van der Waals surface area contributed by atoms with Crippen LogP contribution in [0.5, 0.6) is 0 Å². The minimum atomic E-state index is -0.257. The highest BCUT2D eigenvalue weighted by atomic mass is 35.5. The third-order valence-corrected chi connectivity index (χ3v) is 6.41. The van der Waals surface area contributed by atoms with Gasteiger partial charge in [0.2, 0.25) is 5.91 Å². The van der Waals surface area contributed by atoms with Crippen molar-refractivity contribution in [1.82, 2.24) is 14.9 Å². The minimum absolute atomic E-state index is 0.0822. The summed E-state index contributed by atoms with van der Waals surface area (Å²) in [5.74, 6) is -0.257. The van der Waals surface area contributed by atoms with Crippen LogP contribution in [0.1, 0.15) is 10.4 Å². The van der Waals surface area contributed by atoms with Crippen LogP contribution in [0, 0.1) is 6.92 Å². The summed E-state index contributed by atoms with van der Waals surface area (Å²) in [7, 11) is 0. The molecule has 3 heterocycles. The summed E-state index contributed by atoms with van der Waals surface area (Å²) in [6.07, 6.45) is 1.43. The fourth-order valence-corrected chi connectivity index (χ4v) is 4.97. The van der Waals surface area contributed by atoms with E-state index in [9.17, 15) is 9.59 Å². The highest BCUT2D eigenvalue weighted by Gasteiger charge is 2.15. The molecule has 3 aromatic heterocycles. The van der Waals surface area contributed by atoms with Crippen LogP contribution in [0.2, 0.25) is 5.02 Å². The molecule has 0 atom stereocenters. The zero-order valence-electron chi connectivity index (χ0n) is 14.9. The minimum Gasteiger partial charge on any atom is -0.350 e. The van der Waals surface area contributed by atoms with Crippen molar-refractivity contribution in [2.45, 2.75) is 20.0 Å². The van der Waals surface area contributed by atoms with Gasteiger partial charge in [0, 0.05) is 32.3 Å². The van der Waals surface area contributed by atoms with Crippen molar-refractivity contribution in [3.63, 3.8) is 0 Å². The van der Waals surface area contributed by atoms with Crippen LogP contribution >= 0.6 is 34.3 Å². The van der Waals surface area contributed by atoms with E-state index in [1.54, 1.807) is 23.5 Å². The normalized spacial score (nSPS) is 11.1. The van der Waals surface area contributed by atoms with Crippen LogP contribution in [-0.2, 0) is 17.9 Å². The lowest BCUT2D eigenvalue weighted by atomic mass is 10.2. The number of thiophene rings is 2. The van der Waals surface area contributed by atoms with E-state index in [4.69, 9.17) is 11.6 Å². The van der Waals surface area contributed by atoms with Crippen molar-refractivity contribution in [1.29, 1.82) is 0 Å². The zero-order chi connectivity index (χ0) is 19.7. The first-order valence-corrected chi connectivity index (χ1v) is 10.6. The van der Waals surface area contributed by atoms with Crippen LogP contribution in [0.15, 0.2) is 52.9 Å². The second-order valence-electron chi connectivity index (χ2n) is 6.32. The smallest absolute Gasteiger partial charge is 0.263 e. The van der Waals surface area contributed by atoms with Crippen LogP contribution in [0.3, 0.4) is 0 Å². The quantitative estimate of drug-likeness (QED) is 0.509. The zero-order valence-corrected chi connectivity index (χ0v) is 17.3. The molecule has 0 unspecified atom stereocenters. The molecule has 0 aliphatic rings. The maximum atomic E-state index is 13.0. The number of hydrogen-bond donors (Lipinski definition) is 1. The molecule has 0 saturated carbocycles. The van der Waals surface area contributed by atoms with E-state index in [2.05, 4.69) is 10.3 Å². The second kappa shape index (κ2) is 7.87. The molecule has 1 N–H and O–H groups in total. The number of fused-ring (bicyclic) bond motifs is 1. The third kappa shape index (κ3) is 3.87. The summed E-state index contributed by atoms with van der Waals surface area (Å²) in [4.78, 5) is 32.6. The first-order valence-electron chi connectivity index (χ1n) is 8.56. The van der Waals surface area contributed by atoms with Gasteiger partial charge in [-0.05, 0) is 36.8 Å². The Labute approximate surface area is 174 Å². The van der Waals surface area contributed by atoms with Crippen LogP contribution in [0.4, 0.5) is 0 Å². The number of rotatable bonds is 5. The molecule has 0 bridgehead atoms. The molecule has 0 fully saturated rings. The summed E-state index contributed by atoms with van der Waals surface area (Å²) >= 11 is 9.03. The summed E-state index contributed by atoms with van der Waals surface area (Å²) < 4.78 is 1.35. The molecule has 1 amide bonds. The Morgan fingerprint density at radius 2 is 2.14 bits per heavy atom. The number of carbonyl (C=O) groups excluding carboxylic acids is 1. The predicted molar refractivity (Wildman–Crippen MR) is 115 cm³/mol. The molecule has 1 aromatic carbocycles. The fraction of sp³-hybridized carbons (Fsp3) is 0.150. The average Bonchev–Trinajstić information content (AvgIpc) is 3.29. The highest BCUT2D eigenvalue weighted by Crippen LogP contribution is 2.34. The lowest BCUT2D eigenvalue weighted by Gasteiger charge is -2.08. The number of amides is 1. The third-order valence-electron chi connectivity index (χ3n) is 4.26. The Balaban J connectivity index is 1.56. The lowest BCUT2D eigenvalue weighted by Crippen LogP contribution is -2.32. The molecule has 5 nitrogen and oxygen atoms in total. The van der Waals surface area contributed by atoms with Gasteiger partial charge in [0.15, 0.2) is 0 Å². The lowest BCUT2D eigenvalue weighted by molar-refractivity contribution is -0.121. The number of aryl methyl sites for hydroxylation is 1. The van der Waals surface area contributed by atoms with Gasteiger partial charge in [-0.2, -0.15) is 0 Å². The Bertz CT molecular complexity index is 1230. The van der Waals surface area contributed by atoms with Gasteiger partial charge in [-0.25, -0.2) is 4.98 Å². The SMILES string of the molecule is Cc1ccc(-c2csc3ncn(CC(=O)NCc4cccc(Cl)c4)c(=O)c23)s1. The van der Waals surface area contributed by atoms with E-state index in [0.717, 1.165) is 16.0 Å². The maximum Gasteiger partial charge on any atom is 0.263 e. The number of carbonyl (C=O) groups is 1. The van der Waals surface area contributed by atoms with Gasteiger partial charge >= 0.3 is 0 Å². The summed E-state index contributed by atoms with van der Waals surface area (Å²) in [6.45, 7) is 2.30. The van der Waals surface area contributed by atoms with E-state index in [0.29, 0.717) is 21.8 Å². The standard InChI is InChI=1S/C20H16ClN3O2S2/c1-12-5-6-16(28-12)15-10-27-19-18(15)20(26)24(11-23-19)9-17(25)22-8-13-3-2-4-14(21)7-13/h2-7,10-11H,8-9H2,1H3,(H,22,25). The topological polar surface area (TPSA) is 64.0 Å². The molecule has 0 radical (unpaired) electrons. The van der Waals surface area contributed by atoms with Gasteiger partial charge in [0.1, 0.15) is 11.4 Å². The van der Waals surface area contributed by atoms with Crippen molar-refractivity contribution in [3.8, 4) is 10.4 Å². The van der Waals surface area contributed by atoms with E-state index in [1.807, 2.05) is 36.6 Å². The molecule has 4 aromatic rings. The molecule has 142 valence electrons. The van der Waals surface area contributed by atoms with E-state index in [1.165, 1.54) is 27.1 Å². The van der Waals surface area contributed by atoms with Gasteiger partial charge < -0.3 is 5.32 Å². The molecule has 0 aliphatic carbocycles. The van der Waals surface area contributed by atoms with Crippen molar-refractivity contribution >= 4 is 50.4 Å². The van der Waals surface area contributed by atoms with Crippen molar-refractivity contribution in [3.05, 3.63) is 73.9 Å². The number of hydrogen-bond acceptors (Lipinski definition) is 5. The van der Waals surface area contributed by atoms with Gasteiger partial charge in [-0.3, -0.25) is 14.2 Å². The molecule has 0 saturated heterocycles. The summed E-state index contributed by atoms with van der Waals surface area (Å²) in [5.41, 5.74) is 1.57. The largest absolute Gasteiger partial charge is 0.350 e. The Morgan fingerprint density at radius 3 is 2.89 bits per heavy atom. The molecule has 0 spiro atoms. The number of aromatic nitrogens is 2. The van der Waals surface area contributed by atoms with Crippen molar-refractivity contribution < 1.29 is 4.79 Å². The van der Waals surface area contributed by atoms with Crippen molar-refractivity contribution in [2.24, 2.45) is 0 Å². The monoisotopic (exact) mass is 429 g/mol. The molecule has 8 heteroatoms. The van der Waals surface area contributed by atoms with Gasteiger partial charge in [-0.1, -0.05) is 23.7 Å². The van der Waals surface area contributed by atoms with E-state index in [-0.39, 0.29) is 18.0 Å². The second-order valence-corrected chi connectivity index (χ2v) is 8.91. The predicted octanol–water partition coefficient (Wildman–Crippen LogP) is 4.46. The average molecular weight is 430 g/mol. The highest BCUT2D eigenvalue weighted by molar-refractivity contribution is 7.19. The molecule has 28 heavy (non-hydrogen) atoms. The van der Waals surface area contributed by atoms with Crippen LogP contribution in [-0.4, -0.2) is 15.5 Å². The van der Waals surface area contributed by atoms with E-state index < -0.39 is 0 Å². The molecule has 4 rings (SSSR count). The number of nitrogens with zero attached hydrogens (tertiary/aromatic N) is 2. The van der Waals surface area contributed by atoms with Gasteiger partial charge in [0.25, 0.3) is 5.56 Å². The maximum absolute atomic E-state index is 13.0. The van der Waals surface area contributed by atoms with Crippen molar-refractivity contribution in [2.75, 3.05) is 0 Å². The fourth-order valence-electron chi connectivity index (χ4n) is 2.90. The molecule has 0 aliphatic heterocycles. The van der Waals surface area contributed by atoms with Gasteiger partial charge in [0.05, 0.1) is 11.7 Å². The first-order chi connectivity index (χ1) is 13.5. The number of nitrogens with one attached hydrogen (secondary N) is 1. The number of benzene rings is 1. The Morgan fingerprint density at radius 1 is 1.29 bits per heavy atom. The van der Waals surface area contributed by atoms with Crippen LogP contribution < -0.4 is 10.9 Å². The van der Waals surface area contributed by atoms with E-state index >= 15 is 0 Å². The Kier molecular flexibility index (Phi) is 5.30. The molecular weight excluding hydrogens is 414 g/mol. The first kappa shape index (κ1) is 18.9. The van der Waals surface area contributed by atoms with Gasteiger partial charge in [-0.15, -0.1) is 22.7 Å². The van der Waals surface area contributed by atoms with Crippen LogP contribution in [0.25, 0.3) is 20.7 Å².